The third kappa shape index (κ3) is 5.17. The number of hydrogen-bond donors (Lipinski definition) is 2. The molecular formula is C12H21NO4. The van der Waals surface area contributed by atoms with E-state index in [9.17, 15) is 9.59 Å². The normalized spacial score (nSPS) is 17.8. The highest BCUT2D eigenvalue weighted by Gasteiger charge is 2.23. The number of carboxylic acids is 2. The monoisotopic (exact) mass is 243 g/mol. The molecule has 0 bridgehead atoms. The first-order valence-corrected chi connectivity index (χ1v) is 6.12. The van der Waals surface area contributed by atoms with E-state index in [0.717, 1.165) is 18.9 Å². The maximum Gasteiger partial charge on any atom is 0.308 e. The van der Waals surface area contributed by atoms with Gasteiger partial charge < -0.3 is 15.1 Å². The smallest absolute Gasteiger partial charge is 0.308 e. The minimum absolute atomic E-state index is 0.302. The van der Waals surface area contributed by atoms with E-state index in [4.69, 9.17) is 10.2 Å². The predicted molar refractivity (Wildman–Crippen MR) is 62.8 cm³/mol. The summed E-state index contributed by atoms with van der Waals surface area (Å²) in [4.78, 5) is 23.4. The quantitative estimate of drug-likeness (QED) is 0.671. The number of nitrogens with zero attached hydrogens (tertiary/aromatic N) is 1. The van der Waals surface area contributed by atoms with Crippen molar-refractivity contribution in [3.63, 3.8) is 0 Å². The molecular weight excluding hydrogens is 222 g/mol. The number of carboxylic acid groups (broad SMARTS) is 2. The van der Waals surface area contributed by atoms with Crippen molar-refractivity contribution in [2.75, 3.05) is 20.1 Å². The second-order valence-corrected chi connectivity index (χ2v) is 4.98. The Balaban J connectivity index is 2.26. The molecule has 5 heteroatoms. The van der Waals surface area contributed by atoms with Gasteiger partial charge in [-0.2, -0.15) is 0 Å². The van der Waals surface area contributed by atoms with Crippen LogP contribution in [0.25, 0.3) is 0 Å². The fourth-order valence-electron chi connectivity index (χ4n) is 2.09. The molecule has 0 saturated heterocycles. The van der Waals surface area contributed by atoms with Crippen LogP contribution in [0.2, 0.25) is 0 Å². The van der Waals surface area contributed by atoms with Gasteiger partial charge in [0.15, 0.2) is 0 Å². The Hall–Kier alpha value is -1.10. The van der Waals surface area contributed by atoms with Crippen LogP contribution in [0.3, 0.4) is 0 Å². The molecule has 98 valence electrons. The number of hydrogen-bond acceptors (Lipinski definition) is 3. The van der Waals surface area contributed by atoms with Gasteiger partial charge in [0.1, 0.15) is 0 Å². The van der Waals surface area contributed by atoms with E-state index >= 15 is 0 Å². The van der Waals surface area contributed by atoms with E-state index < -0.39 is 17.9 Å². The Bertz CT molecular complexity index is 276. The highest BCUT2D eigenvalue weighted by molar-refractivity contribution is 5.77. The van der Waals surface area contributed by atoms with Crippen LogP contribution in [-0.4, -0.2) is 47.2 Å². The van der Waals surface area contributed by atoms with Gasteiger partial charge in [0.2, 0.25) is 0 Å². The topological polar surface area (TPSA) is 77.8 Å². The van der Waals surface area contributed by atoms with E-state index in [-0.39, 0.29) is 6.42 Å². The molecule has 2 N–H and O–H groups in total. The van der Waals surface area contributed by atoms with Gasteiger partial charge in [-0.15, -0.1) is 0 Å². The van der Waals surface area contributed by atoms with Gasteiger partial charge in [-0.3, -0.25) is 9.59 Å². The second kappa shape index (κ2) is 6.59. The molecule has 1 fully saturated rings. The van der Waals surface area contributed by atoms with Crippen LogP contribution < -0.4 is 0 Å². The van der Waals surface area contributed by atoms with E-state index in [1.165, 1.54) is 19.3 Å². The Morgan fingerprint density at radius 1 is 1.35 bits per heavy atom. The number of carbonyl (C=O) groups is 2. The van der Waals surface area contributed by atoms with Gasteiger partial charge in [-0.1, -0.05) is 19.3 Å². The molecule has 1 rings (SSSR count). The van der Waals surface area contributed by atoms with Crippen molar-refractivity contribution >= 4 is 11.9 Å². The molecule has 0 aliphatic heterocycles. The largest absolute Gasteiger partial charge is 0.481 e. The molecule has 0 spiro atoms. The lowest BCUT2D eigenvalue weighted by atomic mass is 9.83. The summed E-state index contributed by atoms with van der Waals surface area (Å²) in [6.07, 6.45) is 4.67. The molecule has 0 heterocycles. The lowest BCUT2D eigenvalue weighted by Crippen LogP contribution is -2.33. The molecule has 5 nitrogen and oxygen atoms in total. The first-order chi connectivity index (χ1) is 7.99. The zero-order valence-electron chi connectivity index (χ0n) is 10.3. The van der Waals surface area contributed by atoms with Crippen molar-refractivity contribution in [3.05, 3.63) is 0 Å². The minimum Gasteiger partial charge on any atom is -0.481 e. The van der Waals surface area contributed by atoms with Crippen molar-refractivity contribution in [1.29, 1.82) is 0 Å². The summed E-state index contributed by atoms with van der Waals surface area (Å²) < 4.78 is 0. The van der Waals surface area contributed by atoms with Crippen molar-refractivity contribution in [2.24, 2.45) is 11.8 Å². The Morgan fingerprint density at radius 2 is 2.00 bits per heavy atom. The maximum absolute atomic E-state index is 10.9. The maximum atomic E-state index is 10.9. The van der Waals surface area contributed by atoms with Gasteiger partial charge in [0.25, 0.3) is 0 Å². The highest BCUT2D eigenvalue weighted by atomic mass is 16.4. The first-order valence-electron chi connectivity index (χ1n) is 6.12. The van der Waals surface area contributed by atoms with Crippen molar-refractivity contribution in [3.8, 4) is 0 Å². The van der Waals surface area contributed by atoms with Crippen LogP contribution in [0.1, 0.15) is 32.1 Å². The van der Waals surface area contributed by atoms with Crippen molar-refractivity contribution in [2.45, 2.75) is 32.1 Å². The molecule has 1 aliphatic rings. The van der Waals surface area contributed by atoms with Crippen LogP contribution >= 0.6 is 0 Å². The van der Waals surface area contributed by atoms with Crippen LogP contribution in [-0.2, 0) is 9.59 Å². The van der Waals surface area contributed by atoms with E-state index in [0.29, 0.717) is 6.54 Å². The van der Waals surface area contributed by atoms with E-state index in [1.54, 1.807) is 0 Å². The molecule has 0 radical (unpaired) electrons. The lowest BCUT2D eigenvalue weighted by molar-refractivity contribution is -0.148. The van der Waals surface area contributed by atoms with Gasteiger partial charge in [-0.25, -0.2) is 0 Å². The first kappa shape index (κ1) is 14.0. The van der Waals surface area contributed by atoms with E-state index in [2.05, 4.69) is 0 Å². The van der Waals surface area contributed by atoms with Crippen LogP contribution in [0.15, 0.2) is 0 Å². The Morgan fingerprint density at radius 3 is 2.41 bits per heavy atom. The summed E-state index contributed by atoms with van der Waals surface area (Å²) in [6, 6.07) is 0. The zero-order valence-corrected chi connectivity index (χ0v) is 10.3. The fourth-order valence-corrected chi connectivity index (χ4v) is 2.09. The van der Waals surface area contributed by atoms with Crippen molar-refractivity contribution in [1.82, 2.24) is 4.90 Å². The highest BCUT2D eigenvalue weighted by Crippen LogP contribution is 2.29. The third-order valence-electron chi connectivity index (χ3n) is 3.45. The van der Waals surface area contributed by atoms with Gasteiger partial charge in [-0.05, 0) is 25.9 Å². The fraction of sp³-hybridized carbons (Fsp3) is 0.833. The predicted octanol–water partition coefficient (Wildman–Crippen LogP) is 1.28. The molecule has 0 aromatic rings. The van der Waals surface area contributed by atoms with Crippen LogP contribution in [0.5, 0.6) is 0 Å². The van der Waals surface area contributed by atoms with E-state index in [1.807, 2.05) is 11.9 Å². The van der Waals surface area contributed by atoms with Crippen LogP contribution in [0.4, 0.5) is 0 Å². The summed E-state index contributed by atoms with van der Waals surface area (Å²) >= 11 is 0. The Labute approximate surface area is 101 Å². The summed E-state index contributed by atoms with van der Waals surface area (Å²) in [5, 5.41) is 17.5. The van der Waals surface area contributed by atoms with Crippen LogP contribution in [0, 0.1) is 11.8 Å². The molecule has 0 aromatic heterocycles. The summed E-state index contributed by atoms with van der Waals surface area (Å²) in [7, 11) is 1.86. The lowest BCUT2D eigenvalue weighted by Gasteiger charge is -2.28. The second-order valence-electron chi connectivity index (χ2n) is 4.98. The molecule has 0 amide bonds. The number of rotatable bonds is 8. The minimum atomic E-state index is -1.05. The number of aliphatic carboxylic acids is 2. The molecule has 17 heavy (non-hydrogen) atoms. The average molecular weight is 243 g/mol. The summed E-state index contributed by atoms with van der Waals surface area (Å²) in [5.74, 6) is -2.09. The molecule has 1 unspecified atom stereocenters. The zero-order chi connectivity index (χ0) is 12.8. The van der Waals surface area contributed by atoms with Crippen molar-refractivity contribution < 1.29 is 19.8 Å². The third-order valence-corrected chi connectivity index (χ3v) is 3.45. The summed E-state index contributed by atoms with van der Waals surface area (Å²) in [5.41, 5.74) is 0. The van der Waals surface area contributed by atoms with Gasteiger partial charge in [0, 0.05) is 6.54 Å². The molecule has 1 atom stereocenters. The molecule has 1 saturated carbocycles. The average Bonchev–Trinajstić information content (AvgIpc) is 2.13. The standard InChI is InChI=1S/C12H21NO4/c1-13(6-5-9-3-2-4-9)8-10(12(16)17)7-11(14)15/h9-10H,2-8H2,1H3,(H,14,15)(H,16,17). The summed E-state index contributed by atoms with van der Waals surface area (Å²) in [6.45, 7) is 1.17. The van der Waals surface area contributed by atoms with Gasteiger partial charge >= 0.3 is 11.9 Å². The molecule has 0 aromatic carbocycles. The molecule has 1 aliphatic carbocycles. The van der Waals surface area contributed by atoms with Gasteiger partial charge in [0.05, 0.1) is 12.3 Å². The SMILES string of the molecule is CN(CCC1CCC1)CC(CC(=O)O)C(=O)O. The Kier molecular flexibility index (Phi) is 5.41.